The number of benzene rings is 1. The Kier molecular flexibility index (Phi) is 3.94. The van der Waals surface area contributed by atoms with Crippen molar-refractivity contribution in [2.45, 2.75) is 26.3 Å². The summed E-state index contributed by atoms with van der Waals surface area (Å²) in [5, 5.41) is 2.89. The SMILES string of the molecule is Cc1ccc(C(C)NC(=O)C2CCS(=O)(=O)C2)cc1. The van der Waals surface area contributed by atoms with Crippen molar-refractivity contribution in [1.82, 2.24) is 5.32 Å². The molecule has 0 radical (unpaired) electrons. The summed E-state index contributed by atoms with van der Waals surface area (Å²) in [7, 11) is -3.01. The van der Waals surface area contributed by atoms with Gasteiger partial charge in [0.1, 0.15) is 0 Å². The lowest BCUT2D eigenvalue weighted by atomic mass is 10.0. The molecule has 0 bridgehead atoms. The lowest BCUT2D eigenvalue weighted by Gasteiger charge is -2.17. The summed E-state index contributed by atoms with van der Waals surface area (Å²) < 4.78 is 22.7. The van der Waals surface area contributed by atoms with Crippen LogP contribution in [0.5, 0.6) is 0 Å². The molecule has 1 heterocycles. The van der Waals surface area contributed by atoms with E-state index in [4.69, 9.17) is 0 Å². The second-order valence-electron chi connectivity index (χ2n) is 5.24. The standard InChI is InChI=1S/C14H19NO3S/c1-10-3-5-12(6-4-10)11(2)15-14(16)13-7-8-19(17,18)9-13/h3-6,11,13H,7-9H2,1-2H3,(H,15,16). The van der Waals surface area contributed by atoms with Crippen LogP contribution in [0.25, 0.3) is 0 Å². The van der Waals surface area contributed by atoms with Crippen molar-refractivity contribution in [2.75, 3.05) is 11.5 Å². The van der Waals surface area contributed by atoms with Crippen molar-refractivity contribution >= 4 is 15.7 Å². The predicted octanol–water partition coefficient (Wildman–Crippen LogP) is 1.61. The first kappa shape index (κ1) is 14.1. The molecule has 19 heavy (non-hydrogen) atoms. The van der Waals surface area contributed by atoms with E-state index in [1.54, 1.807) is 0 Å². The number of rotatable bonds is 3. The van der Waals surface area contributed by atoms with E-state index in [0.29, 0.717) is 6.42 Å². The highest BCUT2D eigenvalue weighted by molar-refractivity contribution is 7.91. The van der Waals surface area contributed by atoms with E-state index in [0.717, 1.165) is 5.56 Å². The molecule has 2 atom stereocenters. The first-order valence-electron chi connectivity index (χ1n) is 6.45. The van der Waals surface area contributed by atoms with E-state index in [9.17, 15) is 13.2 Å². The normalized spacial score (nSPS) is 22.9. The molecule has 1 aliphatic rings. The molecule has 5 heteroatoms. The van der Waals surface area contributed by atoms with Gasteiger partial charge < -0.3 is 5.32 Å². The quantitative estimate of drug-likeness (QED) is 0.915. The molecule has 1 aromatic rings. The zero-order valence-electron chi connectivity index (χ0n) is 11.2. The third-order valence-electron chi connectivity index (χ3n) is 3.54. The number of amides is 1. The highest BCUT2D eigenvalue weighted by atomic mass is 32.2. The van der Waals surface area contributed by atoms with Crippen LogP contribution in [0.4, 0.5) is 0 Å². The van der Waals surface area contributed by atoms with Gasteiger partial charge in [-0.1, -0.05) is 29.8 Å². The molecule has 0 aromatic heterocycles. The lowest BCUT2D eigenvalue weighted by Crippen LogP contribution is -2.33. The van der Waals surface area contributed by atoms with Crippen molar-refractivity contribution < 1.29 is 13.2 Å². The Morgan fingerprint density at radius 1 is 1.32 bits per heavy atom. The predicted molar refractivity (Wildman–Crippen MR) is 74.5 cm³/mol. The van der Waals surface area contributed by atoms with Gasteiger partial charge in [0.25, 0.3) is 0 Å². The molecule has 1 amide bonds. The molecule has 4 nitrogen and oxygen atoms in total. The molecule has 1 saturated heterocycles. The fourth-order valence-electron chi connectivity index (χ4n) is 2.27. The smallest absolute Gasteiger partial charge is 0.224 e. The van der Waals surface area contributed by atoms with Crippen molar-refractivity contribution in [3.8, 4) is 0 Å². The van der Waals surface area contributed by atoms with Crippen molar-refractivity contribution in [2.24, 2.45) is 5.92 Å². The summed E-state index contributed by atoms with van der Waals surface area (Å²) in [6.07, 6.45) is 0.439. The van der Waals surface area contributed by atoms with Crippen LogP contribution in [0.3, 0.4) is 0 Å². The average Bonchev–Trinajstić information content (AvgIpc) is 2.70. The highest BCUT2D eigenvalue weighted by Crippen LogP contribution is 2.20. The summed E-state index contributed by atoms with van der Waals surface area (Å²) in [6, 6.07) is 7.85. The molecule has 0 aliphatic carbocycles. The molecule has 1 fully saturated rings. The Labute approximate surface area is 114 Å². The van der Waals surface area contributed by atoms with E-state index >= 15 is 0 Å². The van der Waals surface area contributed by atoms with Crippen LogP contribution in [-0.4, -0.2) is 25.8 Å². The maximum absolute atomic E-state index is 12.0. The third-order valence-corrected chi connectivity index (χ3v) is 5.31. The second kappa shape index (κ2) is 5.33. The number of sulfone groups is 1. The molecule has 2 rings (SSSR count). The Hall–Kier alpha value is -1.36. The summed E-state index contributed by atoms with van der Waals surface area (Å²) in [5.41, 5.74) is 2.20. The van der Waals surface area contributed by atoms with Crippen LogP contribution >= 0.6 is 0 Å². The van der Waals surface area contributed by atoms with Crippen LogP contribution < -0.4 is 5.32 Å². The number of carbonyl (C=O) groups excluding carboxylic acids is 1. The van der Waals surface area contributed by atoms with Gasteiger partial charge in [-0.15, -0.1) is 0 Å². The minimum atomic E-state index is -3.01. The Balaban J connectivity index is 1.97. The molecular formula is C14H19NO3S. The van der Waals surface area contributed by atoms with Crippen LogP contribution in [-0.2, 0) is 14.6 Å². The minimum absolute atomic E-state index is 0.0144. The zero-order chi connectivity index (χ0) is 14.0. The average molecular weight is 281 g/mol. The topological polar surface area (TPSA) is 63.2 Å². The van der Waals surface area contributed by atoms with Gasteiger partial charge in [-0.05, 0) is 25.8 Å². The van der Waals surface area contributed by atoms with E-state index in [2.05, 4.69) is 5.32 Å². The van der Waals surface area contributed by atoms with Crippen molar-refractivity contribution in [3.05, 3.63) is 35.4 Å². The molecular weight excluding hydrogens is 262 g/mol. The van der Waals surface area contributed by atoms with Gasteiger partial charge in [0.2, 0.25) is 5.91 Å². The van der Waals surface area contributed by atoms with E-state index < -0.39 is 15.8 Å². The van der Waals surface area contributed by atoms with Crippen molar-refractivity contribution in [3.63, 3.8) is 0 Å². The van der Waals surface area contributed by atoms with E-state index in [1.807, 2.05) is 38.1 Å². The molecule has 1 aromatic carbocycles. The van der Waals surface area contributed by atoms with E-state index in [-0.39, 0.29) is 23.5 Å². The summed E-state index contributed by atoms with van der Waals surface area (Å²) in [6.45, 7) is 3.92. The molecule has 2 unspecified atom stereocenters. The lowest BCUT2D eigenvalue weighted by molar-refractivity contribution is -0.124. The van der Waals surface area contributed by atoms with Gasteiger partial charge >= 0.3 is 0 Å². The monoisotopic (exact) mass is 281 g/mol. The van der Waals surface area contributed by atoms with Gasteiger partial charge in [0.05, 0.1) is 23.5 Å². The molecule has 1 N–H and O–H groups in total. The van der Waals surface area contributed by atoms with Gasteiger partial charge in [-0.25, -0.2) is 8.42 Å². The minimum Gasteiger partial charge on any atom is -0.349 e. The molecule has 0 spiro atoms. The number of nitrogens with one attached hydrogen (secondary N) is 1. The number of carbonyl (C=O) groups is 1. The number of hydrogen-bond donors (Lipinski definition) is 1. The fraction of sp³-hybridized carbons (Fsp3) is 0.500. The Morgan fingerprint density at radius 3 is 2.47 bits per heavy atom. The summed E-state index contributed by atoms with van der Waals surface area (Å²) in [5.74, 6) is -0.434. The van der Waals surface area contributed by atoms with Gasteiger partial charge in [-0.2, -0.15) is 0 Å². The Bertz CT molecular complexity index is 563. The maximum atomic E-state index is 12.0. The summed E-state index contributed by atoms with van der Waals surface area (Å²) >= 11 is 0. The largest absolute Gasteiger partial charge is 0.349 e. The first-order valence-corrected chi connectivity index (χ1v) is 8.27. The molecule has 104 valence electrons. The Morgan fingerprint density at radius 2 is 1.95 bits per heavy atom. The first-order chi connectivity index (χ1) is 8.87. The van der Waals surface area contributed by atoms with Crippen LogP contribution in [0, 0.1) is 12.8 Å². The summed E-state index contributed by atoms with van der Waals surface area (Å²) in [4.78, 5) is 12.0. The van der Waals surface area contributed by atoms with Crippen molar-refractivity contribution in [1.29, 1.82) is 0 Å². The highest BCUT2D eigenvalue weighted by Gasteiger charge is 2.33. The van der Waals surface area contributed by atoms with E-state index in [1.165, 1.54) is 5.56 Å². The second-order valence-corrected chi connectivity index (χ2v) is 7.47. The molecule has 0 saturated carbocycles. The maximum Gasteiger partial charge on any atom is 0.224 e. The van der Waals surface area contributed by atoms with Gasteiger partial charge in [0, 0.05) is 0 Å². The van der Waals surface area contributed by atoms with Gasteiger partial charge in [-0.3, -0.25) is 4.79 Å². The third kappa shape index (κ3) is 3.56. The number of aryl methyl sites for hydroxylation is 1. The van der Waals surface area contributed by atoms with Gasteiger partial charge in [0.15, 0.2) is 9.84 Å². The van der Waals surface area contributed by atoms with Crippen LogP contribution in [0.1, 0.15) is 30.5 Å². The van der Waals surface area contributed by atoms with Crippen LogP contribution in [0.2, 0.25) is 0 Å². The zero-order valence-corrected chi connectivity index (χ0v) is 12.0. The number of hydrogen-bond acceptors (Lipinski definition) is 3. The molecule has 1 aliphatic heterocycles. The fourth-order valence-corrected chi connectivity index (χ4v) is 4.01. The van der Waals surface area contributed by atoms with Crippen LogP contribution in [0.15, 0.2) is 24.3 Å².